The maximum Gasteiger partial charge on any atom is 0.327 e. The van der Waals surface area contributed by atoms with Gasteiger partial charge < -0.3 is 54.0 Å². The Morgan fingerprint density at radius 3 is 1.80 bits per heavy atom. The molecule has 14 N–H and O–H groups in total. The number of rotatable bonds is 21. The van der Waals surface area contributed by atoms with Gasteiger partial charge in [-0.2, -0.15) is 12.6 Å². The maximum atomic E-state index is 13.8. The number of carbonyl (C=O) groups excluding carboxylic acids is 5. The minimum Gasteiger partial charge on any atom is -0.508 e. The molecule has 0 aliphatic carbocycles. The highest BCUT2D eigenvalue weighted by Gasteiger charge is 2.32. The lowest BCUT2D eigenvalue weighted by Gasteiger charge is -2.26. The Morgan fingerprint density at radius 2 is 1.24 bits per heavy atom. The molecule has 18 heteroatoms. The van der Waals surface area contributed by atoms with Crippen LogP contribution >= 0.6 is 12.6 Å². The van der Waals surface area contributed by atoms with Gasteiger partial charge in [0, 0.05) is 25.1 Å². The van der Waals surface area contributed by atoms with Crippen molar-refractivity contribution in [3.63, 3.8) is 0 Å². The van der Waals surface area contributed by atoms with E-state index < -0.39 is 65.7 Å². The van der Waals surface area contributed by atoms with Gasteiger partial charge in [-0.25, -0.2) is 4.79 Å². The van der Waals surface area contributed by atoms with Gasteiger partial charge in [0.1, 0.15) is 29.9 Å². The Balaban J connectivity index is 2.34. The minimum absolute atomic E-state index is 0.0482. The lowest BCUT2D eigenvalue weighted by molar-refractivity contribution is -0.141. The van der Waals surface area contributed by atoms with Crippen molar-refractivity contribution in [1.82, 2.24) is 26.6 Å². The molecule has 2 aromatic carbocycles. The van der Waals surface area contributed by atoms with Crippen molar-refractivity contribution >= 4 is 54.1 Å². The Hall–Kier alpha value is -5.36. The number of hydrogen-bond donors (Lipinski definition) is 12. The fourth-order valence-corrected chi connectivity index (χ4v) is 4.92. The third-order valence-electron chi connectivity index (χ3n) is 7.37. The van der Waals surface area contributed by atoms with Crippen LogP contribution in [0.2, 0.25) is 0 Å². The average molecular weight is 716 g/mol. The molecule has 0 unspecified atom stereocenters. The van der Waals surface area contributed by atoms with Crippen LogP contribution in [0.25, 0.3) is 0 Å². The van der Waals surface area contributed by atoms with Crippen LogP contribution in [0.5, 0.6) is 5.75 Å². The highest BCUT2D eigenvalue weighted by Crippen LogP contribution is 2.13. The molecular formula is C32H45N9O8S. The van der Waals surface area contributed by atoms with E-state index >= 15 is 0 Å². The van der Waals surface area contributed by atoms with E-state index in [1.54, 1.807) is 24.3 Å². The van der Waals surface area contributed by atoms with E-state index in [0.717, 1.165) is 5.56 Å². The van der Waals surface area contributed by atoms with Crippen molar-refractivity contribution in [2.75, 3.05) is 12.3 Å². The molecule has 0 aliphatic heterocycles. The largest absolute Gasteiger partial charge is 0.508 e. The maximum absolute atomic E-state index is 13.8. The molecular weight excluding hydrogens is 670 g/mol. The first kappa shape index (κ1) is 40.8. The van der Waals surface area contributed by atoms with Crippen LogP contribution in [0.3, 0.4) is 0 Å². The second-order valence-electron chi connectivity index (χ2n) is 11.4. The highest BCUT2D eigenvalue weighted by molar-refractivity contribution is 7.80. The van der Waals surface area contributed by atoms with Crippen LogP contribution in [0.1, 0.15) is 36.8 Å². The molecule has 17 nitrogen and oxygen atoms in total. The second kappa shape index (κ2) is 20.9. The zero-order valence-corrected chi connectivity index (χ0v) is 28.2. The average Bonchev–Trinajstić information content (AvgIpc) is 3.07. The minimum atomic E-state index is -1.43. The summed E-state index contributed by atoms with van der Waals surface area (Å²) in [6.07, 6.45) is -0.260. The molecule has 0 aromatic heterocycles. The Bertz CT molecular complexity index is 1480. The van der Waals surface area contributed by atoms with Crippen LogP contribution in [-0.4, -0.2) is 94.2 Å². The van der Waals surface area contributed by atoms with Crippen molar-refractivity contribution in [3.05, 3.63) is 65.7 Å². The number of hydrogen-bond acceptors (Lipinski definition) is 10. The lowest BCUT2D eigenvalue weighted by atomic mass is 10.0. The number of benzene rings is 2. The molecule has 0 radical (unpaired) electrons. The van der Waals surface area contributed by atoms with Crippen LogP contribution < -0.4 is 43.8 Å². The predicted molar refractivity (Wildman–Crippen MR) is 187 cm³/mol. The van der Waals surface area contributed by atoms with Gasteiger partial charge in [0.2, 0.25) is 29.5 Å². The first-order chi connectivity index (χ1) is 23.7. The summed E-state index contributed by atoms with van der Waals surface area (Å²) in [4.78, 5) is 76.7. The number of phenolic OH excluding ortho intramolecular Hbond substituents is 1. The van der Waals surface area contributed by atoms with Crippen molar-refractivity contribution in [2.24, 2.45) is 17.2 Å². The second-order valence-corrected chi connectivity index (χ2v) is 11.8. The van der Waals surface area contributed by atoms with Gasteiger partial charge in [-0.1, -0.05) is 42.5 Å². The van der Waals surface area contributed by atoms with Gasteiger partial charge in [0.15, 0.2) is 5.96 Å². The molecule has 0 saturated heterocycles. The number of nitrogens with one attached hydrogen (secondary N) is 6. The van der Waals surface area contributed by atoms with Gasteiger partial charge in [-0.3, -0.25) is 29.4 Å². The van der Waals surface area contributed by atoms with Crippen LogP contribution in [0, 0.1) is 5.41 Å². The lowest BCUT2D eigenvalue weighted by Crippen LogP contribution is -2.59. The molecule has 272 valence electrons. The van der Waals surface area contributed by atoms with Crippen LogP contribution in [0.4, 0.5) is 0 Å². The molecule has 2 aromatic rings. The van der Waals surface area contributed by atoms with Gasteiger partial charge in [0.05, 0.1) is 6.04 Å². The van der Waals surface area contributed by atoms with Gasteiger partial charge in [-0.15, -0.1) is 0 Å². The summed E-state index contributed by atoms with van der Waals surface area (Å²) in [5, 5.41) is 39.0. The molecule has 0 heterocycles. The smallest absolute Gasteiger partial charge is 0.327 e. The third-order valence-corrected chi connectivity index (χ3v) is 7.74. The summed E-state index contributed by atoms with van der Waals surface area (Å²) in [5.41, 5.74) is 18.1. The Morgan fingerprint density at radius 1 is 0.720 bits per heavy atom. The SMILES string of the molecule is N=C(N)NCCC[C@H](NC(=O)[C@@H](N)Cc1ccccc1)C(=O)N[C@@H](Cc1ccc(O)cc1)C(=O)N[C@@H](CCC(N)=O)C(=O)N[C@@H](CS)C(=O)O. The zero-order chi connectivity index (χ0) is 37.2. The van der Waals surface area contributed by atoms with Gasteiger partial charge in [-0.05, 0) is 48.9 Å². The molecule has 0 saturated carbocycles. The predicted octanol–water partition coefficient (Wildman–Crippen LogP) is -2.01. The third kappa shape index (κ3) is 14.8. The quantitative estimate of drug-likeness (QED) is 0.0290. The van der Waals surface area contributed by atoms with E-state index in [9.17, 15) is 39.0 Å². The first-order valence-corrected chi connectivity index (χ1v) is 16.3. The summed E-state index contributed by atoms with van der Waals surface area (Å²) >= 11 is 3.93. The van der Waals surface area contributed by atoms with E-state index in [2.05, 4.69) is 39.2 Å². The van der Waals surface area contributed by atoms with Crippen LogP contribution in [-0.2, 0) is 41.6 Å². The summed E-state index contributed by atoms with van der Waals surface area (Å²) in [5.74, 6) is -5.96. The van der Waals surface area contributed by atoms with E-state index in [1.807, 2.05) is 6.07 Å². The van der Waals surface area contributed by atoms with Crippen molar-refractivity contribution < 1.29 is 39.0 Å². The number of amides is 5. The number of carboxylic acids is 1. The fraction of sp³-hybridized carbons (Fsp3) is 0.406. The number of carbonyl (C=O) groups is 6. The number of thiol groups is 1. The van der Waals surface area contributed by atoms with Crippen molar-refractivity contribution in [3.8, 4) is 5.75 Å². The first-order valence-electron chi connectivity index (χ1n) is 15.7. The zero-order valence-electron chi connectivity index (χ0n) is 27.3. The number of nitrogens with two attached hydrogens (primary N) is 3. The number of phenols is 1. The van der Waals surface area contributed by atoms with E-state index in [1.165, 1.54) is 24.3 Å². The molecule has 0 fully saturated rings. The van der Waals surface area contributed by atoms with Crippen LogP contribution in [0.15, 0.2) is 54.6 Å². The summed E-state index contributed by atoms with van der Waals surface area (Å²) in [6.45, 7) is 0.197. The van der Waals surface area contributed by atoms with E-state index in [0.29, 0.717) is 5.56 Å². The summed E-state index contributed by atoms with van der Waals surface area (Å²) in [7, 11) is 0. The van der Waals surface area contributed by atoms with E-state index in [4.69, 9.17) is 22.6 Å². The number of aliphatic carboxylic acids is 1. The summed E-state index contributed by atoms with van der Waals surface area (Å²) in [6, 6.07) is 8.36. The molecule has 0 bridgehead atoms. The normalized spacial score (nSPS) is 13.7. The van der Waals surface area contributed by atoms with Crippen molar-refractivity contribution in [1.29, 1.82) is 5.41 Å². The Kier molecular flexibility index (Phi) is 17.0. The number of aromatic hydroxyl groups is 1. The van der Waals surface area contributed by atoms with Gasteiger partial charge >= 0.3 is 5.97 Å². The standard InChI is InChI=1S/C32H45N9O8S/c33-21(15-18-5-2-1-3-6-18)27(44)38-22(7-4-14-37-32(35)36)28(45)40-24(16-19-8-10-20(42)11-9-19)30(47)39-23(12-13-26(34)43)29(46)41-25(17-50)31(48)49/h1-3,5-6,8-11,21-25,42,50H,4,7,12-17,33H2,(H2,34,43)(H,38,44)(H,39,47)(H,40,45)(H,41,46)(H,48,49)(H4,35,36,37)/t21-,22-,23-,24-,25-/m0/s1. The van der Waals surface area contributed by atoms with E-state index in [-0.39, 0.29) is 62.5 Å². The van der Waals surface area contributed by atoms with Crippen molar-refractivity contribution in [2.45, 2.75) is 68.7 Å². The number of guanidine groups is 1. The fourth-order valence-electron chi connectivity index (χ4n) is 4.67. The molecule has 0 aliphatic rings. The molecule has 5 amide bonds. The molecule has 50 heavy (non-hydrogen) atoms. The number of primary amides is 1. The molecule has 2 rings (SSSR count). The Labute approximate surface area is 294 Å². The molecule has 5 atom stereocenters. The monoisotopic (exact) mass is 715 g/mol. The number of carboxylic acid groups (broad SMARTS) is 1. The topological polar surface area (TPSA) is 305 Å². The summed E-state index contributed by atoms with van der Waals surface area (Å²) < 4.78 is 0. The highest BCUT2D eigenvalue weighted by atomic mass is 32.1. The molecule has 0 spiro atoms. The van der Waals surface area contributed by atoms with Gasteiger partial charge in [0.25, 0.3) is 0 Å².